The van der Waals surface area contributed by atoms with E-state index in [0.717, 1.165) is 18.7 Å². The molecule has 0 N–H and O–H groups in total. The molecule has 0 saturated carbocycles. The molecule has 4 rings (SSSR count). The molecule has 4 heteroatoms. The molecule has 2 atom stereocenters. The van der Waals surface area contributed by atoms with Crippen LogP contribution in [-0.2, 0) is 20.7 Å². The van der Waals surface area contributed by atoms with Gasteiger partial charge in [-0.1, -0.05) is 24.3 Å². The Morgan fingerprint density at radius 2 is 2.05 bits per heavy atom. The molecule has 20 heavy (non-hydrogen) atoms. The van der Waals surface area contributed by atoms with Crippen LogP contribution in [0.3, 0.4) is 0 Å². The highest BCUT2D eigenvalue weighted by molar-refractivity contribution is 6.20. The first-order valence-corrected chi connectivity index (χ1v) is 6.99. The topological polar surface area (TPSA) is 46.6 Å². The molecule has 0 bridgehead atoms. The SMILES string of the molecule is CC1OC(=O)C2=C1N1CCc3ccccc3C1CC2=O. The van der Waals surface area contributed by atoms with Crippen LogP contribution in [0.15, 0.2) is 35.5 Å². The number of hydrogen-bond donors (Lipinski definition) is 0. The second-order valence-corrected chi connectivity index (χ2v) is 5.59. The molecule has 102 valence electrons. The maximum Gasteiger partial charge on any atom is 0.344 e. The van der Waals surface area contributed by atoms with Crippen molar-refractivity contribution < 1.29 is 14.3 Å². The molecule has 2 unspecified atom stereocenters. The van der Waals surface area contributed by atoms with E-state index in [2.05, 4.69) is 17.0 Å². The van der Waals surface area contributed by atoms with Gasteiger partial charge in [0.15, 0.2) is 5.78 Å². The number of carbonyl (C=O) groups excluding carboxylic acids is 2. The van der Waals surface area contributed by atoms with Crippen LogP contribution < -0.4 is 0 Å². The molecule has 1 aromatic carbocycles. The Labute approximate surface area is 117 Å². The fraction of sp³-hybridized carbons (Fsp3) is 0.375. The zero-order valence-corrected chi connectivity index (χ0v) is 11.3. The Morgan fingerprint density at radius 1 is 1.25 bits per heavy atom. The van der Waals surface area contributed by atoms with Crippen LogP contribution in [0.4, 0.5) is 0 Å². The summed E-state index contributed by atoms with van der Waals surface area (Å²) in [4.78, 5) is 26.3. The number of benzene rings is 1. The van der Waals surface area contributed by atoms with Gasteiger partial charge in [-0.05, 0) is 24.5 Å². The molecule has 0 spiro atoms. The van der Waals surface area contributed by atoms with Crippen molar-refractivity contribution in [3.63, 3.8) is 0 Å². The Bertz CT molecular complexity index is 661. The molecule has 0 aromatic heterocycles. The van der Waals surface area contributed by atoms with Gasteiger partial charge in [-0.25, -0.2) is 4.79 Å². The highest BCUT2D eigenvalue weighted by atomic mass is 16.5. The largest absolute Gasteiger partial charge is 0.452 e. The summed E-state index contributed by atoms with van der Waals surface area (Å²) >= 11 is 0. The van der Waals surface area contributed by atoms with E-state index in [1.54, 1.807) is 0 Å². The summed E-state index contributed by atoms with van der Waals surface area (Å²) < 4.78 is 5.24. The van der Waals surface area contributed by atoms with Gasteiger partial charge in [0.05, 0.1) is 11.7 Å². The molecular formula is C16H15NO3. The maximum absolute atomic E-state index is 12.3. The predicted octanol–water partition coefficient (Wildman–Crippen LogP) is 1.76. The quantitative estimate of drug-likeness (QED) is 0.532. The van der Waals surface area contributed by atoms with Crippen molar-refractivity contribution in [1.29, 1.82) is 0 Å². The average molecular weight is 269 g/mol. The van der Waals surface area contributed by atoms with Gasteiger partial charge in [0.2, 0.25) is 0 Å². The number of fused-ring (bicyclic) bond motifs is 4. The van der Waals surface area contributed by atoms with Crippen molar-refractivity contribution in [2.24, 2.45) is 0 Å². The first-order chi connectivity index (χ1) is 9.66. The lowest BCUT2D eigenvalue weighted by molar-refractivity contribution is -0.140. The number of hydrogen-bond acceptors (Lipinski definition) is 4. The maximum atomic E-state index is 12.3. The lowest BCUT2D eigenvalue weighted by Crippen LogP contribution is -2.42. The molecule has 0 amide bonds. The van der Waals surface area contributed by atoms with E-state index < -0.39 is 5.97 Å². The van der Waals surface area contributed by atoms with Crippen LogP contribution in [-0.4, -0.2) is 29.3 Å². The molecule has 1 aromatic rings. The molecule has 0 aliphatic carbocycles. The van der Waals surface area contributed by atoms with Gasteiger partial charge in [-0.3, -0.25) is 4.79 Å². The minimum absolute atomic E-state index is 0.0585. The van der Waals surface area contributed by atoms with E-state index in [1.165, 1.54) is 11.1 Å². The van der Waals surface area contributed by atoms with Gasteiger partial charge in [-0.2, -0.15) is 0 Å². The fourth-order valence-corrected chi connectivity index (χ4v) is 3.65. The average Bonchev–Trinajstić information content (AvgIpc) is 2.75. The molecule has 3 aliphatic rings. The van der Waals surface area contributed by atoms with Crippen molar-refractivity contribution in [3.05, 3.63) is 46.7 Å². The molecule has 0 saturated heterocycles. The van der Waals surface area contributed by atoms with E-state index in [9.17, 15) is 9.59 Å². The third kappa shape index (κ3) is 1.42. The minimum Gasteiger partial charge on any atom is -0.452 e. The number of ketones is 1. The summed E-state index contributed by atoms with van der Waals surface area (Å²) in [7, 11) is 0. The first kappa shape index (κ1) is 11.7. The van der Waals surface area contributed by atoms with E-state index in [0.29, 0.717) is 6.42 Å². The van der Waals surface area contributed by atoms with Crippen LogP contribution in [0.1, 0.15) is 30.5 Å². The lowest BCUT2D eigenvalue weighted by Gasteiger charge is -2.42. The van der Waals surface area contributed by atoms with Crippen LogP contribution in [0.2, 0.25) is 0 Å². The highest BCUT2D eigenvalue weighted by Crippen LogP contribution is 2.43. The molecule has 0 fully saturated rings. The van der Waals surface area contributed by atoms with E-state index in [4.69, 9.17) is 4.74 Å². The predicted molar refractivity (Wildman–Crippen MR) is 71.8 cm³/mol. The fourth-order valence-electron chi connectivity index (χ4n) is 3.65. The van der Waals surface area contributed by atoms with E-state index in [-0.39, 0.29) is 23.5 Å². The number of ether oxygens (including phenoxy) is 1. The smallest absolute Gasteiger partial charge is 0.344 e. The normalized spacial score (nSPS) is 27.9. The van der Waals surface area contributed by atoms with Gasteiger partial charge < -0.3 is 9.64 Å². The summed E-state index contributed by atoms with van der Waals surface area (Å²) in [6.45, 7) is 2.69. The zero-order valence-electron chi connectivity index (χ0n) is 11.3. The van der Waals surface area contributed by atoms with Crippen LogP contribution in [0.5, 0.6) is 0 Å². The van der Waals surface area contributed by atoms with Gasteiger partial charge in [0.25, 0.3) is 0 Å². The van der Waals surface area contributed by atoms with Gasteiger partial charge in [0.1, 0.15) is 11.7 Å². The van der Waals surface area contributed by atoms with Gasteiger partial charge in [-0.15, -0.1) is 0 Å². The van der Waals surface area contributed by atoms with Gasteiger partial charge in [0, 0.05) is 13.0 Å². The summed E-state index contributed by atoms with van der Waals surface area (Å²) in [5, 5.41) is 0. The second-order valence-electron chi connectivity index (χ2n) is 5.59. The van der Waals surface area contributed by atoms with Crippen LogP contribution in [0, 0.1) is 0 Å². The van der Waals surface area contributed by atoms with Crippen LogP contribution in [0.25, 0.3) is 0 Å². The van der Waals surface area contributed by atoms with Crippen molar-refractivity contribution in [2.75, 3.05) is 6.54 Å². The van der Waals surface area contributed by atoms with Crippen molar-refractivity contribution in [1.82, 2.24) is 4.90 Å². The Hall–Kier alpha value is -2.10. The first-order valence-electron chi connectivity index (χ1n) is 6.99. The van der Waals surface area contributed by atoms with Crippen molar-refractivity contribution >= 4 is 11.8 Å². The number of esters is 1. The monoisotopic (exact) mass is 269 g/mol. The number of cyclic esters (lactones) is 1. The van der Waals surface area contributed by atoms with Crippen molar-refractivity contribution in [3.8, 4) is 0 Å². The standard InChI is InChI=1S/C16H15NO3/c1-9-15-14(16(19)20-9)13(18)8-12-11-5-3-2-4-10(11)6-7-17(12)15/h2-5,9,12H,6-8H2,1H3. The van der Waals surface area contributed by atoms with Crippen molar-refractivity contribution in [2.45, 2.75) is 31.9 Å². The Balaban J connectivity index is 1.86. The number of Topliss-reactive ketones (excluding diaryl/α,β-unsaturated/α-hetero) is 1. The van der Waals surface area contributed by atoms with Gasteiger partial charge >= 0.3 is 5.97 Å². The number of nitrogens with zero attached hydrogens (tertiary/aromatic N) is 1. The third-order valence-corrected chi connectivity index (χ3v) is 4.51. The summed E-state index contributed by atoms with van der Waals surface area (Å²) in [6, 6.07) is 8.32. The molecular weight excluding hydrogens is 254 g/mol. The molecule has 0 radical (unpaired) electrons. The summed E-state index contributed by atoms with van der Waals surface area (Å²) in [5.41, 5.74) is 3.60. The Kier molecular flexibility index (Phi) is 2.31. The second kappa shape index (κ2) is 3.95. The lowest BCUT2D eigenvalue weighted by atomic mass is 9.84. The van der Waals surface area contributed by atoms with E-state index >= 15 is 0 Å². The summed E-state index contributed by atoms with van der Waals surface area (Å²) in [6.07, 6.45) is 1.01. The highest BCUT2D eigenvalue weighted by Gasteiger charge is 2.46. The van der Waals surface area contributed by atoms with E-state index in [1.807, 2.05) is 19.1 Å². The summed E-state index contributed by atoms with van der Waals surface area (Å²) in [5.74, 6) is -0.526. The number of carbonyl (C=O) groups is 2. The third-order valence-electron chi connectivity index (χ3n) is 4.51. The Morgan fingerprint density at radius 3 is 2.90 bits per heavy atom. The molecule has 3 aliphatic heterocycles. The molecule has 4 nitrogen and oxygen atoms in total. The zero-order chi connectivity index (χ0) is 13.9. The minimum atomic E-state index is -0.449. The van der Waals surface area contributed by atoms with Crippen LogP contribution >= 0.6 is 0 Å². The molecule has 3 heterocycles. The number of rotatable bonds is 0.